The maximum absolute atomic E-state index is 5.96. The van der Waals surface area contributed by atoms with E-state index >= 15 is 0 Å². The first-order chi connectivity index (χ1) is 10.0. The summed E-state index contributed by atoms with van der Waals surface area (Å²) in [7, 11) is 0. The molecule has 0 amide bonds. The highest BCUT2D eigenvalue weighted by molar-refractivity contribution is 9.10. The van der Waals surface area contributed by atoms with E-state index in [4.69, 9.17) is 10.3 Å². The molecule has 0 fully saturated rings. The van der Waals surface area contributed by atoms with Crippen molar-refractivity contribution in [2.24, 2.45) is 0 Å². The number of hydrogen-bond donors (Lipinski definition) is 1. The van der Waals surface area contributed by atoms with Crippen LogP contribution in [0.3, 0.4) is 0 Å². The first-order valence-electron chi connectivity index (χ1n) is 6.20. The average molecular weight is 409 g/mol. The molecule has 0 bridgehead atoms. The van der Waals surface area contributed by atoms with Gasteiger partial charge in [-0.2, -0.15) is 4.98 Å². The molecule has 0 spiro atoms. The van der Waals surface area contributed by atoms with Gasteiger partial charge in [-0.25, -0.2) is 0 Å². The van der Waals surface area contributed by atoms with Gasteiger partial charge in [0, 0.05) is 20.2 Å². The zero-order valence-corrected chi connectivity index (χ0v) is 14.3. The van der Waals surface area contributed by atoms with E-state index in [-0.39, 0.29) is 0 Å². The molecule has 1 heterocycles. The second-order valence-electron chi connectivity index (χ2n) is 4.61. The van der Waals surface area contributed by atoms with Gasteiger partial charge in [-0.05, 0) is 48.9 Å². The highest BCUT2D eigenvalue weighted by Crippen LogP contribution is 2.30. The lowest BCUT2D eigenvalue weighted by Gasteiger charge is -2.01. The topological polar surface area (TPSA) is 64.9 Å². The van der Waals surface area contributed by atoms with Gasteiger partial charge in [0.1, 0.15) is 0 Å². The van der Waals surface area contributed by atoms with Crippen molar-refractivity contribution in [3.05, 3.63) is 50.9 Å². The van der Waals surface area contributed by atoms with E-state index in [1.807, 2.05) is 37.3 Å². The summed E-state index contributed by atoms with van der Waals surface area (Å²) >= 11 is 6.86. The fraction of sp³-hybridized carbons (Fsp3) is 0.0667. The number of hydrogen-bond acceptors (Lipinski definition) is 4. The summed E-state index contributed by atoms with van der Waals surface area (Å²) in [5.74, 6) is 0.959. The summed E-state index contributed by atoms with van der Waals surface area (Å²) in [5, 5.41) is 4.05. The van der Waals surface area contributed by atoms with Gasteiger partial charge in [0.15, 0.2) is 0 Å². The van der Waals surface area contributed by atoms with Crippen molar-refractivity contribution < 1.29 is 4.52 Å². The monoisotopic (exact) mass is 407 g/mol. The third-order valence-electron chi connectivity index (χ3n) is 3.10. The van der Waals surface area contributed by atoms with Gasteiger partial charge in [-0.3, -0.25) is 0 Å². The van der Waals surface area contributed by atoms with Gasteiger partial charge in [0.05, 0.1) is 5.56 Å². The Morgan fingerprint density at radius 2 is 1.71 bits per heavy atom. The van der Waals surface area contributed by atoms with Crippen LogP contribution in [0.4, 0.5) is 5.69 Å². The number of aryl methyl sites for hydroxylation is 1. The molecule has 6 heteroatoms. The van der Waals surface area contributed by atoms with Crippen molar-refractivity contribution in [3.63, 3.8) is 0 Å². The second-order valence-corrected chi connectivity index (χ2v) is 6.45. The number of halogens is 2. The highest BCUT2D eigenvalue weighted by Gasteiger charge is 2.14. The van der Waals surface area contributed by atoms with Gasteiger partial charge in [-0.15, -0.1) is 0 Å². The van der Waals surface area contributed by atoms with Gasteiger partial charge < -0.3 is 10.3 Å². The van der Waals surface area contributed by atoms with Crippen LogP contribution in [0.1, 0.15) is 5.56 Å². The quantitative estimate of drug-likeness (QED) is 0.617. The van der Waals surface area contributed by atoms with Crippen LogP contribution >= 0.6 is 31.9 Å². The third kappa shape index (κ3) is 2.87. The first-order valence-corrected chi connectivity index (χ1v) is 7.79. The van der Waals surface area contributed by atoms with Crippen LogP contribution in [0.15, 0.2) is 49.9 Å². The first kappa shape index (κ1) is 14.3. The zero-order valence-electron chi connectivity index (χ0n) is 11.1. The summed E-state index contributed by atoms with van der Waals surface area (Å²) in [4.78, 5) is 4.45. The van der Waals surface area contributed by atoms with Crippen molar-refractivity contribution >= 4 is 37.5 Å². The standard InChI is InChI=1S/C15H11Br2N3O/c1-8-6-9(16)2-4-11(8)14-19-15(21-20-14)12-7-10(17)3-5-13(12)18/h2-7H,18H2,1H3. The number of nitrogens with zero attached hydrogens (tertiary/aromatic N) is 2. The SMILES string of the molecule is Cc1cc(Br)ccc1-c1noc(-c2cc(Br)ccc2N)n1. The van der Waals surface area contributed by atoms with E-state index in [0.717, 1.165) is 25.6 Å². The Kier molecular flexibility index (Phi) is 3.82. The fourth-order valence-electron chi connectivity index (χ4n) is 2.03. The fourth-order valence-corrected chi connectivity index (χ4v) is 2.87. The van der Waals surface area contributed by atoms with Crippen LogP contribution in [0.2, 0.25) is 0 Å². The maximum Gasteiger partial charge on any atom is 0.260 e. The van der Waals surface area contributed by atoms with Gasteiger partial charge in [-0.1, -0.05) is 37.0 Å². The van der Waals surface area contributed by atoms with Gasteiger partial charge in [0.25, 0.3) is 5.89 Å². The Balaban J connectivity index is 2.06. The number of rotatable bonds is 2. The summed E-state index contributed by atoms with van der Waals surface area (Å²) in [6, 6.07) is 11.5. The lowest BCUT2D eigenvalue weighted by atomic mass is 10.1. The molecule has 106 valence electrons. The molecule has 0 aliphatic rings. The van der Waals surface area contributed by atoms with Crippen LogP contribution in [0.25, 0.3) is 22.8 Å². The minimum Gasteiger partial charge on any atom is -0.398 e. The predicted octanol–water partition coefficient (Wildman–Crippen LogP) is 4.82. The molecule has 2 N–H and O–H groups in total. The highest BCUT2D eigenvalue weighted by atomic mass is 79.9. The number of aromatic nitrogens is 2. The smallest absolute Gasteiger partial charge is 0.260 e. The van der Waals surface area contributed by atoms with Crippen LogP contribution in [0, 0.1) is 6.92 Å². The van der Waals surface area contributed by atoms with Gasteiger partial charge in [0.2, 0.25) is 5.82 Å². The Hall–Kier alpha value is -1.66. The van der Waals surface area contributed by atoms with Crippen LogP contribution in [-0.2, 0) is 0 Å². The lowest BCUT2D eigenvalue weighted by molar-refractivity contribution is 0.432. The number of nitrogen functional groups attached to an aromatic ring is 1. The molecule has 21 heavy (non-hydrogen) atoms. The van der Waals surface area contributed by atoms with Crippen molar-refractivity contribution in [1.29, 1.82) is 0 Å². The molecule has 0 unspecified atom stereocenters. The normalized spacial score (nSPS) is 10.8. The van der Waals surface area contributed by atoms with Crippen LogP contribution in [0.5, 0.6) is 0 Å². The molecular weight excluding hydrogens is 398 g/mol. The van der Waals surface area contributed by atoms with Crippen molar-refractivity contribution in [2.75, 3.05) is 5.73 Å². The molecule has 4 nitrogen and oxygen atoms in total. The number of anilines is 1. The molecule has 0 aliphatic carbocycles. The third-order valence-corrected chi connectivity index (χ3v) is 4.09. The summed E-state index contributed by atoms with van der Waals surface area (Å²) in [6.45, 7) is 2.00. The summed E-state index contributed by atoms with van der Waals surface area (Å²) in [6.07, 6.45) is 0. The Morgan fingerprint density at radius 3 is 2.48 bits per heavy atom. The van der Waals surface area contributed by atoms with E-state index in [9.17, 15) is 0 Å². The molecule has 0 saturated carbocycles. The van der Waals surface area contributed by atoms with E-state index in [1.165, 1.54) is 0 Å². The second kappa shape index (κ2) is 5.61. The lowest BCUT2D eigenvalue weighted by Crippen LogP contribution is -1.90. The molecule has 2 aromatic carbocycles. The van der Waals surface area contributed by atoms with Crippen molar-refractivity contribution in [1.82, 2.24) is 10.1 Å². The van der Waals surface area contributed by atoms with E-state index in [2.05, 4.69) is 42.0 Å². The van der Waals surface area contributed by atoms with Gasteiger partial charge >= 0.3 is 0 Å². The van der Waals surface area contributed by atoms with Crippen LogP contribution in [-0.4, -0.2) is 10.1 Å². The molecule has 0 radical (unpaired) electrons. The predicted molar refractivity (Wildman–Crippen MR) is 89.7 cm³/mol. The molecule has 3 rings (SSSR count). The number of benzene rings is 2. The van der Waals surface area contributed by atoms with E-state index in [1.54, 1.807) is 6.07 Å². The van der Waals surface area contributed by atoms with Crippen LogP contribution < -0.4 is 5.73 Å². The van der Waals surface area contributed by atoms with E-state index in [0.29, 0.717) is 17.4 Å². The van der Waals surface area contributed by atoms with E-state index < -0.39 is 0 Å². The minimum absolute atomic E-state index is 0.408. The van der Waals surface area contributed by atoms with Crippen molar-refractivity contribution in [2.45, 2.75) is 6.92 Å². The maximum atomic E-state index is 5.96. The van der Waals surface area contributed by atoms with Crippen molar-refractivity contribution in [3.8, 4) is 22.8 Å². The Labute approximate surface area is 138 Å². The summed E-state index contributed by atoms with van der Waals surface area (Å²) in [5.41, 5.74) is 9.28. The molecular formula is C15H11Br2N3O. The largest absolute Gasteiger partial charge is 0.398 e. The average Bonchev–Trinajstić information content (AvgIpc) is 2.91. The molecule has 1 aromatic heterocycles. The Bertz CT molecular complexity index is 814. The molecule has 3 aromatic rings. The minimum atomic E-state index is 0.408. The summed E-state index contributed by atoms with van der Waals surface area (Å²) < 4.78 is 7.28. The molecule has 0 saturated heterocycles. The molecule has 0 atom stereocenters. The zero-order chi connectivity index (χ0) is 15.0. The number of nitrogens with two attached hydrogens (primary N) is 1. The Morgan fingerprint density at radius 1 is 1.00 bits per heavy atom. The molecule has 0 aliphatic heterocycles.